The molecule has 2 aromatic carbocycles. The van der Waals surface area contributed by atoms with Gasteiger partial charge in [-0.1, -0.05) is 42.0 Å². The number of hydrogen-bond acceptors (Lipinski definition) is 4. The molecule has 150 valence electrons. The van der Waals surface area contributed by atoms with Crippen LogP contribution in [0.1, 0.15) is 34.1 Å². The summed E-state index contributed by atoms with van der Waals surface area (Å²) in [6.45, 7) is 6.12. The topological polar surface area (TPSA) is 77.2 Å². The molecule has 0 aliphatic heterocycles. The van der Waals surface area contributed by atoms with Crippen LogP contribution < -0.4 is 11.2 Å². The summed E-state index contributed by atoms with van der Waals surface area (Å²) in [6, 6.07) is 14.8. The van der Waals surface area contributed by atoms with Crippen molar-refractivity contribution in [3.05, 3.63) is 91.8 Å². The molecule has 1 heterocycles. The van der Waals surface area contributed by atoms with Gasteiger partial charge < -0.3 is 4.90 Å². The Hall–Kier alpha value is -3.48. The molecule has 0 aliphatic rings. The second-order valence-corrected chi connectivity index (χ2v) is 7.08. The van der Waals surface area contributed by atoms with Crippen molar-refractivity contribution in [1.82, 2.24) is 19.2 Å². The molecule has 0 atom stereocenters. The van der Waals surface area contributed by atoms with Gasteiger partial charge in [-0.15, -0.1) is 0 Å². The van der Waals surface area contributed by atoms with Gasteiger partial charge in [0.25, 0.3) is 11.5 Å². The van der Waals surface area contributed by atoms with Crippen molar-refractivity contribution < 1.29 is 4.79 Å². The Morgan fingerprint density at radius 3 is 2.31 bits per heavy atom. The minimum Gasteiger partial charge on any atom is -0.340 e. The number of rotatable bonds is 5. The molecule has 29 heavy (non-hydrogen) atoms. The van der Waals surface area contributed by atoms with E-state index in [4.69, 9.17) is 0 Å². The molecule has 0 N–H and O–H groups in total. The fourth-order valence-corrected chi connectivity index (χ4v) is 3.03. The van der Waals surface area contributed by atoms with Crippen LogP contribution in [0.3, 0.4) is 0 Å². The van der Waals surface area contributed by atoms with Crippen LogP contribution in [0.25, 0.3) is 5.69 Å². The highest BCUT2D eigenvalue weighted by Gasteiger charge is 2.22. The van der Waals surface area contributed by atoms with E-state index in [1.807, 2.05) is 44.2 Å². The van der Waals surface area contributed by atoms with E-state index >= 15 is 0 Å². The summed E-state index contributed by atoms with van der Waals surface area (Å²) < 4.78 is 2.20. The van der Waals surface area contributed by atoms with E-state index in [-0.39, 0.29) is 12.2 Å². The lowest BCUT2D eigenvalue weighted by Gasteiger charge is -2.16. The highest BCUT2D eigenvalue weighted by Crippen LogP contribution is 2.08. The zero-order valence-corrected chi connectivity index (χ0v) is 17.0. The maximum absolute atomic E-state index is 13.1. The van der Waals surface area contributed by atoms with Crippen LogP contribution in [0, 0.1) is 13.8 Å². The van der Waals surface area contributed by atoms with Gasteiger partial charge in [-0.25, -0.2) is 4.79 Å². The number of aromatic nitrogens is 3. The van der Waals surface area contributed by atoms with E-state index < -0.39 is 17.2 Å². The number of carbonyl (C=O) groups excluding carboxylic acids is 1. The Kier molecular flexibility index (Phi) is 5.77. The van der Waals surface area contributed by atoms with Crippen molar-refractivity contribution in [3.8, 4) is 5.69 Å². The van der Waals surface area contributed by atoms with Crippen molar-refractivity contribution >= 4 is 5.91 Å². The number of hydrogen-bond donors (Lipinski definition) is 0. The molecule has 0 aliphatic carbocycles. The van der Waals surface area contributed by atoms with Crippen molar-refractivity contribution in [3.63, 3.8) is 0 Å². The van der Waals surface area contributed by atoms with Crippen LogP contribution in [0.4, 0.5) is 0 Å². The molecule has 0 saturated heterocycles. The van der Waals surface area contributed by atoms with Crippen molar-refractivity contribution in [2.24, 2.45) is 0 Å². The molecule has 0 saturated carbocycles. The molecule has 7 heteroatoms. The SMILES string of the molecule is CCN(C)C(=O)c1nn(-c2cccc(C)c2)c(=O)n(Cc2cccc(C)c2)c1=O. The van der Waals surface area contributed by atoms with Crippen molar-refractivity contribution in [1.29, 1.82) is 0 Å². The summed E-state index contributed by atoms with van der Waals surface area (Å²) in [5.74, 6) is -0.517. The van der Waals surface area contributed by atoms with Gasteiger partial charge in [-0.05, 0) is 44.0 Å². The van der Waals surface area contributed by atoms with E-state index in [2.05, 4.69) is 5.10 Å². The standard InChI is InChI=1S/C22H24N4O3/c1-5-24(4)20(27)19-21(28)25(14-17-10-6-8-15(2)12-17)22(29)26(23-19)18-11-7-9-16(3)13-18/h6-13H,5,14H2,1-4H3. The Balaban J connectivity index is 2.25. The highest BCUT2D eigenvalue weighted by molar-refractivity contribution is 5.91. The summed E-state index contributed by atoms with van der Waals surface area (Å²) in [4.78, 5) is 40.3. The van der Waals surface area contributed by atoms with Gasteiger partial charge in [0.15, 0.2) is 0 Å². The fraction of sp³-hybridized carbons (Fsp3) is 0.273. The first kappa shape index (κ1) is 20.3. The third kappa shape index (κ3) is 4.18. The number of carbonyl (C=O) groups is 1. The first-order valence-electron chi connectivity index (χ1n) is 9.44. The smallest absolute Gasteiger partial charge is 0.340 e. The third-order valence-corrected chi connectivity index (χ3v) is 4.75. The zero-order chi connectivity index (χ0) is 21.1. The predicted molar refractivity (Wildman–Crippen MR) is 112 cm³/mol. The first-order valence-corrected chi connectivity index (χ1v) is 9.44. The van der Waals surface area contributed by atoms with E-state index in [1.165, 1.54) is 4.90 Å². The molecule has 3 rings (SSSR count). The first-order chi connectivity index (χ1) is 13.8. The summed E-state index contributed by atoms with van der Waals surface area (Å²) in [5, 5.41) is 4.15. The molecule has 1 aromatic heterocycles. The number of amides is 1. The Bertz CT molecular complexity index is 1180. The quantitative estimate of drug-likeness (QED) is 0.667. The van der Waals surface area contributed by atoms with E-state index in [9.17, 15) is 14.4 Å². The number of nitrogens with zero attached hydrogens (tertiary/aromatic N) is 4. The van der Waals surface area contributed by atoms with Crippen LogP contribution in [0.2, 0.25) is 0 Å². The van der Waals surface area contributed by atoms with Crippen LogP contribution in [0.15, 0.2) is 58.1 Å². The average molecular weight is 392 g/mol. The van der Waals surface area contributed by atoms with Gasteiger partial charge >= 0.3 is 5.69 Å². The molecule has 0 bridgehead atoms. The summed E-state index contributed by atoms with van der Waals surface area (Å²) in [6.07, 6.45) is 0. The maximum atomic E-state index is 13.1. The Morgan fingerprint density at radius 2 is 1.69 bits per heavy atom. The number of benzene rings is 2. The molecule has 7 nitrogen and oxygen atoms in total. The molecule has 0 unspecified atom stereocenters. The lowest BCUT2D eigenvalue weighted by molar-refractivity contribution is 0.0791. The lowest BCUT2D eigenvalue weighted by atomic mass is 10.1. The van der Waals surface area contributed by atoms with E-state index in [0.29, 0.717) is 12.2 Å². The summed E-state index contributed by atoms with van der Waals surface area (Å²) in [7, 11) is 1.59. The molecule has 0 fully saturated rings. The van der Waals surface area contributed by atoms with Crippen molar-refractivity contribution in [2.45, 2.75) is 27.3 Å². The average Bonchev–Trinajstić information content (AvgIpc) is 2.70. The molecule has 1 amide bonds. The van der Waals surface area contributed by atoms with Crippen molar-refractivity contribution in [2.75, 3.05) is 13.6 Å². The predicted octanol–water partition coefficient (Wildman–Crippen LogP) is 2.15. The third-order valence-electron chi connectivity index (χ3n) is 4.75. The van der Waals surface area contributed by atoms with Crippen LogP contribution >= 0.6 is 0 Å². The normalized spacial score (nSPS) is 10.8. The van der Waals surface area contributed by atoms with Gasteiger partial charge in [-0.2, -0.15) is 9.78 Å². The molecular formula is C22H24N4O3. The molecular weight excluding hydrogens is 368 g/mol. The Morgan fingerprint density at radius 1 is 1.03 bits per heavy atom. The molecule has 3 aromatic rings. The molecule has 0 radical (unpaired) electrons. The summed E-state index contributed by atoms with van der Waals surface area (Å²) >= 11 is 0. The van der Waals surface area contributed by atoms with E-state index in [1.54, 1.807) is 32.2 Å². The van der Waals surface area contributed by atoms with Gasteiger partial charge in [0.2, 0.25) is 5.69 Å². The van der Waals surface area contributed by atoms with E-state index in [0.717, 1.165) is 25.9 Å². The minimum absolute atomic E-state index is 0.0593. The zero-order valence-electron chi connectivity index (χ0n) is 17.0. The lowest BCUT2D eigenvalue weighted by Crippen LogP contribution is -2.46. The second kappa shape index (κ2) is 8.26. The largest absolute Gasteiger partial charge is 0.352 e. The summed E-state index contributed by atoms with van der Waals surface area (Å²) in [5.41, 5.74) is 1.71. The Labute approximate surface area is 168 Å². The second-order valence-electron chi connectivity index (χ2n) is 7.08. The van der Waals surface area contributed by atoms with Gasteiger partial charge in [0, 0.05) is 13.6 Å². The monoisotopic (exact) mass is 392 g/mol. The van der Waals surface area contributed by atoms with Crippen LogP contribution in [0.5, 0.6) is 0 Å². The highest BCUT2D eigenvalue weighted by atomic mass is 16.2. The maximum Gasteiger partial charge on any atom is 0.352 e. The van der Waals surface area contributed by atoms with Gasteiger partial charge in [0.1, 0.15) is 0 Å². The van der Waals surface area contributed by atoms with Crippen LogP contribution in [-0.2, 0) is 6.54 Å². The minimum atomic E-state index is -0.689. The van der Waals surface area contributed by atoms with Gasteiger partial charge in [0.05, 0.1) is 12.2 Å². The number of aryl methyl sites for hydroxylation is 2. The fourth-order valence-electron chi connectivity index (χ4n) is 3.03. The van der Waals surface area contributed by atoms with Crippen LogP contribution in [-0.4, -0.2) is 38.7 Å². The molecule has 0 spiro atoms. The van der Waals surface area contributed by atoms with Gasteiger partial charge in [-0.3, -0.25) is 14.2 Å².